The fourth-order valence-electron chi connectivity index (χ4n) is 1.74. The highest BCUT2D eigenvalue weighted by Gasteiger charge is 2.10. The van der Waals surface area contributed by atoms with E-state index >= 15 is 0 Å². The fraction of sp³-hybridized carbons (Fsp3) is 0. The molecule has 17 heavy (non-hydrogen) atoms. The molecule has 2 aromatic heterocycles. The topological polar surface area (TPSA) is 30.2 Å². The second-order valence-electron chi connectivity index (χ2n) is 3.54. The molecule has 1 aromatic carbocycles. The molecule has 0 amide bonds. The minimum absolute atomic E-state index is 0.527. The van der Waals surface area contributed by atoms with Crippen LogP contribution < -0.4 is 0 Å². The highest BCUT2D eigenvalue weighted by Crippen LogP contribution is 2.28. The van der Waals surface area contributed by atoms with Crippen LogP contribution in [0.5, 0.6) is 0 Å². The van der Waals surface area contributed by atoms with Crippen LogP contribution in [0.2, 0.25) is 10.0 Å². The molecule has 0 aliphatic rings. The van der Waals surface area contributed by atoms with Gasteiger partial charge in [-0.05, 0) is 12.1 Å². The highest BCUT2D eigenvalue weighted by molar-refractivity contribution is 6.34. The van der Waals surface area contributed by atoms with Gasteiger partial charge in [-0.15, -0.1) is 0 Å². The lowest BCUT2D eigenvalue weighted by molar-refractivity contribution is 0.948. The summed E-state index contributed by atoms with van der Waals surface area (Å²) in [5.41, 5.74) is 2.40. The summed E-state index contributed by atoms with van der Waals surface area (Å²) in [6, 6.07) is 9.46. The van der Waals surface area contributed by atoms with Crippen molar-refractivity contribution < 1.29 is 0 Å². The molecule has 3 nitrogen and oxygen atoms in total. The number of rotatable bonds is 1. The van der Waals surface area contributed by atoms with Crippen molar-refractivity contribution in [2.45, 2.75) is 0 Å². The predicted molar refractivity (Wildman–Crippen MR) is 68.4 cm³/mol. The van der Waals surface area contributed by atoms with Crippen LogP contribution in [0.15, 0.2) is 42.7 Å². The Morgan fingerprint density at radius 2 is 1.82 bits per heavy atom. The van der Waals surface area contributed by atoms with Crippen LogP contribution in [0, 0.1) is 0 Å². The van der Waals surface area contributed by atoms with Crippen molar-refractivity contribution in [3.63, 3.8) is 0 Å². The van der Waals surface area contributed by atoms with Crippen molar-refractivity contribution in [2.75, 3.05) is 0 Å². The van der Waals surface area contributed by atoms with E-state index in [0.717, 1.165) is 11.3 Å². The van der Waals surface area contributed by atoms with E-state index in [1.165, 1.54) is 0 Å². The first-order valence-electron chi connectivity index (χ1n) is 5.00. The quantitative estimate of drug-likeness (QED) is 0.670. The van der Waals surface area contributed by atoms with Gasteiger partial charge in [0.05, 0.1) is 11.9 Å². The molecule has 0 saturated heterocycles. The molecule has 0 spiro atoms. The molecule has 0 unspecified atom stereocenters. The second-order valence-corrected chi connectivity index (χ2v) is 4.35. The first-order valence-corrected chi connectivity index (χ1v) is 5.76. The summed E-state index contributed by atoms with van der Waals surface area (Å²) in [5.74, 6) is 0. The summed E-state index contributed by atoms with van der Waals surface area (Å²) in [5, 5.41) is 5.40. The van der Waals surface area contributed by atoms with Gasteiger partial charge in [-0.25, -0.2) is 9.50 Å². The molecule has 5 heteroatoms. The summed E-state index contributed by atoms with van der Waals surface area (Å²) < 4.78 is 1.68. The third-order valence-electron chi connectivity index (χ3n) is 2.51. The molecule has 3 aromatic rings. The van der Waals surface area contributed by atoms with Crippen LogP contribution in [-0.2, 0) is 0 Å². The molecular weight excluding hydrogens is 257 g/mol. The van der Waals surface area contributed by atoms with Gasteiger partial charge in [-0.1, -0.05) is 41.4 Å². The van der Waals surface area contributed by atoms with Crippen LogP contribution in [-0.4, -0.2) is 14.6 Å². The fourth-order valence-corrected chi connectivity index (χ4v) is 2.14. The normalized spacial score (nSPS) is 10.9. The highest BCUT2D eigenvalue weighted by atomic mass is 35.5. The summed E-state index contributed by atoms with van der Waals surface area (Å²) in [6.07, 6.45) is 3.27. The first kappa shape index (κ1) is 10.6. The van der Waals surface area contributed by atoms with E-state index in [2.05, 4.69) is 10.1 Å². The Bertz CT molecular complexity index is 691. The van der Waals surface area contributed by atoms with Crippen molar-refractivity contribution in [1.29, 1.82) is 0 Å². The molecular formula is C12H7Cl2N3. The summed E-state index contributed by atoms with van der Waals surface area (Å²) >= 11 is 12.2. The van der Waals surface area contributed by atoms with Crippen LogP contribution in [0.1, 0.15) is 0 Å². The maximum atomic E-state index is 6.17. The van der Waals surface area contributed by atoms with Gasteiger partial charge in [0.15, 0.2) is 5.65 Å². The van der Waals surface area contributed by atoms with Gasteiger partial charge in [0.25, 0.3) is 0 Å². The minimum atomic E-state index is 0.527. The van der Waals surface area contributed by atoms with Crippen LogP contribution in [0.4, 0.5) is 0 Å². The number of fused-ring (bicyclic) bond motifs is 1. The second kappa shape index (κ2) is 4.02. The molecule has 0 bridgehead atoms. The molecule has 0 N–H and O–H groups in total. The van der Waals surface area contributed by atoms with E-state index in [1.54, 1.807) is 16.9 Å². The van der Waals surface area contributed by atoms with Crippen LogP contribution >= 0.6 is 23.2 Å². The number of halogens is 2. The van der Waals surface area contributed by atoms with Gasteiger partial charge in [0.1, 0.15) is 5.02 Å². The van der Waals surface area contributed by atoms with Crippen molar-refractivity contribution in [2.24, 2.45) is 0 Å². The lowest BCUT2D eigenvalue weighted by Gasteiger charge is -2.06. The van der Waals surface area contributed by atoms with Crippen molar-refractivity contribution >= 4 is 28.8 Å². The average Bonchev–Trinajstić information content (AvgIpc) is 2.72. The molecule has 0 fully saturated rings. The van der Waals surface area contributed by atoms with E-state index in [4.69, 9.17) is 23.2 Å². The summed E-state index contributed by atoms with van der Waals surface area (Å²) in [7, 11) is 0. The SMILES string of the molecule is Clc1ccccc1-c1ccnc2c(Cl)cnn12. The zero-order chi connectivity index (χ0) is 11.8. The maximum absolute atomic E-state index is 6.17. The Morgan fingerprint density at radius 3 is 2.65 bits per heavy atom. The number of hydrogen-bond donors (Lipinski definition) is 0. The summed E-state index contributed by atoms with van der Waals surface area (Å²) in [6.45, 7) is 0. The van der Waals surface area contributed by atoms with Crippen LogP contribution in [0.25, 0.3) is 16.9 Å². The van der Waals surface area contributed by atoms with E-state index in [-0.39, 0.29) is 0 Å². The maximum Gasteiger partial charge on any atom is 0.174 e. The molecule has 0 saturated carbocycles. The Balaban J connectivity index is 2.35. The predicted octanol–water partition coefficient (Wildman–Crippen LogP) is 3.70. The van der Waals surface area contributed by atoms with Gasteiger partial charge in [0, 0.05) is 16.8 Å². The minimum Gasteiger partial charge on any atom is -0.236 e. The third-order valence-corrected chi connectivity index (χ3v) is 3.10. The van der Waals surface area contributed by atoms with Crippen molar-refractivity contribution in [3.8, 4) is 11.3 Å². The molecule has 3 rings (SSSR count). The zero-order valence-electron chi connectivity index (χ0n) is 8.64. The Morgan fingerprint density at radius 1 is 1.00 bits per heavy atom. The molecule has 2 heterocycles. The van der Waals surface area contributed by atoms with Gasteiger partial charge in [-0.3, -0.25) is 0 Å². The zero-order valence-corrected chi connectivity index (χ0v) is 10.2. The number of hydrogen-bond acceptors (Lipinski definition) is 2. The number of benzene rings is 1. The molecule has 84 valence electrons. The van der Waals surface area contributed by atoms with Crippen LogP contribution in [0.3, 0.4) is 0 Å². The number of aromatic nitrogens is 3. The lowest BCUT2D eigenvalue weighted by Crippen LogP contribution is -1.95. The van der Waals surface area contributed by atoms with E-state index in [1.807, 2.05) is 30.3 Å². The lowest BCUT2D eigenvalue weighted by atomic mass is 10.1. The Labute approximate surface area is 108 Å². The standard InChI is InChI=1S/C12H7Cl2N3/c13-9-4-2-1-3-8(9)11-5-6-15-12-10(14)7-16-17(11)12/h1-7H. The molecule has 0 radical (unpaired) electrons. The van der Waals surface area contributed by atoms with E-state index < -0.39 is 0 Å². The average molecular weight is 264 g/mol. The monoisotopic (exact) mass is 263 g/mol. The largest absolute Gasteiger partial charge is 0.236 e. The molecule has 0 atom stereocenters. The Kier molecular flexibility index (Phi) is 2.50. The molecule has 0 aliphatic carbocycles. The van der Waals surface area contributed by atoms with Gasteiger partial charge in [-0.2, -0.15) is 5.10 Å². The van der Waals surface area contributed by atoms with Gasteiger partial charge >= 0.3 is 0 Å². The van der Waals surface area contributed by atoms with Crippen molar-refractivity contribution in [1.82, 2.24) is 14.6 Å². The smallest absolute Gasteiger partial charge is 0.174 e. The third kappa shape index (κ3) is 1.68. The van der Waals surface area contributed by atoms with Crippen molar-refractivity contribution in [3.05, 3.63) is 52.8 Å². The molecule has 0 aliphatic heterocycles. The number of nitrogens with zero attached hydrogens (tertiary/aromatic N) is 3. The Hall–Kier alpha value is -1.58. The summed E-state index contributed by atoms with van der Waals surface area (Å²) in [4.78, 5) is 4.18. The van der Waals surface area contributed by atoms with Gasteiger partial charge in [0.2, 0.25) is 0 Å². The van der Waals surface area contributed by atoms with E-state index in [9.17, 15) is 0 Å². The van der Waals surface area contributed by atoms with E-state index in [0.29, 0.717) is 15.7 Å². The first-order chi connectivity index (χ1) is 8.27. The van der Waals surface area contributed by atoms with Gasteiger partial charge < -0.3 is 0 Å².